The second-order valence-corrected chi connectivity index (χ2v) is 5.44. The van der Waals surface area contributed by atoms with Crippen molar-refractivity contribution in [3.05, 3.63) is 22.7 Å². The number of benzene rings is 1. The van der Waals surface area contributed by atoms with E-state index in [1.165, 1.54) is 7.11 Å². The number of anilines is 1. The van der Waals surface area contributed by atoms with Gasteiger partial charge in [0.25, 0.3) is 0 Å². The third kappa shape index (κ3) is 4.01. The molecule has 0 heterocycles. The van der Waals surface area contributed by atoms with Crippen LogP contribution in [0.3, 0.4) is 0 Å². The van der Waals surface area contributed by atoms with Crippen LogP contribution in [0.25, 0.3) is 0 Å². The zero-order valence-corrected chi connectivity index (χ0v) is 13.2. The molecule has 0 aromatic heterocycles. The third-order valence-corrected chi connectivity index (χ3v) is 3.53. The number of hydrogen-bond donors (Lipinski definition) is 3. The van der Waals surface area contributed by atoms with Crippen LogP contribution in [-0.2, 0) is 4.79 Å². The van der Waals surface area contributed by atoms with E-state index in [-0.39, 0.29) is 17.7 Å². The van der Waals surface area contributed by atoms with Gasteiger partial charge in [-0.3, -0.25) is 4.79 Å². The van der Waals surface area contributed by atoms with Crippen molar-refractivity contribution >= 4 is 29.0 Å². The molecule has 0 spiro atoms. The minimum absolute atomic E-state index is 0.125. The maximum absolute atomic E-state index is 12.3. The van der Waals surface area contributed by atoms with Gasteiger partial charge >= 0.3 is 0 Å². The second-order valence-electron chi connectivity index (χ2n) is 5.04. The molecule has 4 N–H and O–H groups in total. The molecule has 1 atom stereocenters. The number of oxime groups is 1. The molecule has 116 valence electrons. The summed E-state index contributed by atoms with van der Waals surface area (Å²) in [5.74, 6) is -0.926. The number of methoxy groups -OCH3 is 1. The summed E-state index contributed by atoms with van der Waals surface area (Å²) in [5.41, 5.74) is 6.87. The molecular weight excluding hydrogens is 294 g/mol. The number of hydrogen-bond acceptors (Lipinski definition) is 4. The number of amides is 1. The van der Waals surface area contributed by atoms with Crippen molar-refractivity contribution in [2.45, 2.75) is 20.8 Å². The van der Waals surface area contributed by atoms with Gasteiger partial charge in [0.15, 0.2) is 5.84 Å². The van der Waals surface area contributed by atoms with Gasteiger partial charge in [-0.25, -0.2) is 0 Å². The average Bonchev–Trinajstić information content (AvgIpc) is 2.42. The van der Waals surface area contributed by atoms with Crippen LogP contribution in [-0.4, -0.2) is 24.1 Å². The first-order chi connectivity index (χ1) is 9.81. The van der Waals surface area contributed by atoms with Gasteiger partial charge in [-0.1, -0.05) is 30.6 Å². The first kappa shape index (κ1) is 17.1. The maximum atomic E-state index is 12.3. The molecule has 7 heteroatoms. The van der Waals surface area contributed by atoms with Crippen LogP contribution in [0.4, 0.5) is 5.69 Å². The molecule has 0 fully saturated rings. The van der Waals surface area contributed by atoms with E-state index < -0.39 is 5.92 Å². The molecule has 21 heavy (non-hydrogen) atoms. The summed E-state index contributed by atoms with van der Waals surface area (Å²) in [5, 5.41) is 15.0. The van der Waals surface area contributed by atoms with Crippen molar-refractivity contribution in [2.24, 2.45) is 22.7 Å². The standard InChI is InChI=1S/C14H20ClN3O3/c1-7(2)12(13(16)18-20)14(19)17-10-5-8(3)9(15)6-11(10)21-4/h5-7,12,20H,1-4H3,(H2,16,18)(H,17,19). The van der Waals surface area contributed by atoms with Crippen molar-refractivity contribution in [1.29, 1.82) is 0 Å². The average molecular weight is 314 g/mol. The summed E-state index contributed by atoms with van der Waals surface area (Å²) < 4.78 is 5.20. The molecule has 6 nitrogen and oxygen atoms in total. The minimum Gasteiger partial charge on any atom is -0.495 e. The number of nitrogens with zero attached hydrogens (tertiary/aromatic N) is 1. The molecule has 0 radical (unpaired) electrons. The largest absolute Gasteiger partial charge is 0.495 e. The van der Waals surface area contributed by atoms with Crippen molar-refractivity contribution in [1.82, 2.24) is 0 Å². The Bertz CT molecular complexity index is 559. The first-order valence-corrected chi connectivity index (χ1v) is 6.82. The smallest absolute Gasteiger partial charge is 0.235 e. The summed E-state index contributed by atoms with van der Waals surface area (Å²) in [7, 11) is 1.49. The van der Waals surface area contributed by atoms with Crippen LogP contribution >= 0.6 is 11.6 Å². The highest BCUT2D eigenvalue weighted by Crippen LogP contribution is 2.31. The summed E-state index contributed by atoms with van der Waals surface area (Å²) in [4.78, 5) is 12.3. The van der Waals surface area contributed by atoms with Crippen LogP contribution in [0.1, 0.15) is 19.4 Å². The highest BCUT2D eigenvalue weighted by Gasteiger charge is 2.27. The molecule has 1 amide bonds. The molecule has 0 bridgehead atoms. The molecule has 1 unspecified atom stereocenters. The lowest BCUT2D eigenvalue weighted by Crippen LogP contribution is -2.38. The number of carbonyl (C=O) groups excluding carboxylic acids is 1. The van der Waals surface area contributed by atoms with Crippen LogP contribution in [0.2, 0.25) is 5.02 Å². The molecule has 0 saturated carbocycles. The molecule has 0 aliphatic rings. The topological polar surface area (TPSA) is 96.9 Å². The van der Waals surface area contributed by atoms with Crippen LogP contribution in [0.5, 0.6) is 5.75 Å². The first-order valence-electron chi connectivity index (χ1n) is 6.44. The lowest BCUT2D eigenvalue weighted by molar-refractivity contribution is -0.119. The molecule has 1 aromatic carbocycles. The van der Waals surface area contributed by atoms with Gasteiger partial charge in [-0.15, -0.1) is 0 Å². The highest BCUT2D eigenvalue weighted by molar-refractivity contribution is 6.31. The van der Waals surface area contributed by atoms with Crippen LogP contribution in [0, 0.1) is 18.8 Å². The third-order valence-electron chi connectivity index (χ3n) is 3.12. The summed E-state index contributed by atoms with van der Waals surface area (Å²) in [6, 6.07) is 3.34. The number of amidine groups is 1. The van der Waals surface area contributed by atoms with Gasteiger partial charge in [0.2, 0.25) is 5.91 Å². The van der Waals surface area contributed by atoms with Crippen LogP contribution < -0.4 is 15.8 Å². The fourth-order valence-electron chi connectivity index (χ4n) is 1.98. The number of ether oxygens (including phenoxy) is 1. The fourth-order valence-corrected chi connectivity index (χ4v) is 2.13. The SMILES string of the molecule is COc1cc(Cl)c(C)cc1NC(=O)C(C(N)=NO)C(C)C. The Kier molecular flexibility index (Phi) is 5.84. The molecule has 1 aromatic rings. The number of nitrogens with one attached hydrogen (secondary N) is 1. The second kappa shape index (κ2) is 7.17. The zero-order valence-electron chi connectivity index (χ0n) is 12.5. The van der Waals surface area contributed by atoms with Gasteiger partial charge in [-0.2, -0.15) is 0 Å². The zero-order chi connectivity index (χ0) is 16.2. The lowest BCUT2D eigenvalue weighted by atomic mass is 9.93. The predicted octanol–water partition coefficient (Wildman–Crippen LogP) is 2.61. The van der Waals surface area contributed by atoms with E-state index in [9.17, 15) is 4.79 Å². The highest BCUT2D eigenvalue weighted by atomic mass is 35.5. The fraction of sp³-hybridized carbons (Fsp3) is 0.429. The summed E-state index contributed by atoms with van der Waals surface area (Å²) >= 11 is 6.02. The van der Waals surface area contributed by atoms with Gasteiger partial charge in [0.1, 0.15) is 11.7 Å². The molecule has 1 rings (SSSR count). The van der Waals surface area contributed by atoms with E-state index >= 15 is 0 Å². The number of halogens is 1. The van der Waals surface area contributed by atoms with Gasteiger partial charge in [-0.05, 0) is 24.5 Å². The van der Waals surface area contributed by atoms with Crippen LogP contribution in [0.15, 0.2) is 17.3 Å². The molecule has 0 aliphatic carbocycles. The van der Waals surface area contributed by atoms with Crippen molar-refractivity contribution < 1.29 is 14.7 Å². The van der Waals surface area contributed by atoms with E-state index in [1.807, 2.05) is 20.8 Å². The molecule has 0 aliphatic heterocycles. The number of rotatable bonds is 5. The van der Waals surface area contributed by atoms with Gasteiger partial charge in [0, 0.05) is 11.1 Å². The normalized spacial score (nSPS) is 13.1. The Morgan fingerprint density at radius 1 is 1.48 bits per heavy atom. The van der Waals surface area contributed by atoms with E-state index in [0.717, 1.165) is 5.56 Å². The maximum Gasteiger partial charge on any atom is 0.235 e. The van der Waals surface area contributed by atoms with E-state index in [2.05, 4.69) is 10.5 Å². The predicted molar refractivity (Wildman–Crippen MR) is 83.1 cm³/mol. The van der Waals surface area contributed by atoms with E-state index in [1.54, 1.807) is 12.1 Å². The van der Waals surface area contributed by atoms with E-state index in [0.29, 0.717) is 16.5 Å². The number of nitrogens with two attached hydrogens (primary N) is 1. The Hall–Kier alpha value is -1.95. The molecule has 0 saturated heterocycles. The Labute approximate surface area is 128 Å². The minimum atomic E-state index is -0.740. The van der Waals surface area contributed by atoms with Gasteiger partial charge < -0.3 is 21.0 Å². The Morgan fingerprint density at radius 2 is 2.10 bits per heavy atom. The van der Waals surface area contributed by atoms with Crippen molar-refractivity contribution in [3.63, 3.8) is 0 Å². The number of aryl methyl sites for hydroxylation is 1. The summed E-state index contributed by atoms with van der Waals surface area (Å²) in [6.07, 6.45) is 0. The quantitative estimate of drug-likeness (QED) is 0.337. The van der Waals surface area contributed by atoms with Crippen molar-refractivity contribution in [3.8, 4) is 5.75 Å². The Balaban J connectivity index is 3.09. The summed E-state index contributed by atoms with van der Waals surface area (Å²) in [6.45, 7) is 5.44. The van der Waals surface area contributed by atoms with Crippen molar-refractivity contribution in [2.75, 3.05) is 12.4 Å². The monoisotopic (exact) mass is 313 g/mol. The Morgan fingerprint density at radius 3 is 2.57 bits per heavy atom. The van der Waals surface area contributed by atoms with E-state index in [4.69, 9.17) is 27.3 Å². The van der Waals surface area contributed by atoms with Gasteiger partial charge in [0.05, 0.1) is 12.8 Å². The molecular formula is C14H20ClN3O3. The lowest BCUT2D eigenvalue weighted by Gasteiger charge is -2.20. The number of carbonyl (C=O) groups is 1.